The highest BCUT2D eigenvalue weighted by molar-refractivity contribution is 7.88. The van der Waals surface area contributed by atoms with Crippen LogP contribution in [0.5, 0.6) is 5.75 Å². The highest BCUT2D eigenvalue weighted by atomic mass is 32.2. The molecule has 0 spiro atoms. The molecule has 0 radical (unpaired) electrons. The van der Waals surface area contributed by atoms with E-state index >= 15 is 0 Å². The standard InChI is InChI=1S/C24H27N3O5S/c1-33(29)27-7-4-17(5-8-27)15-32-23-16-31-21(11-22(23)28)14-26-12-19-3-2-18(10-20(19)13-26)24-25-6-9-30-24/h2-3,6,9-11,16-17H,4-5,7-8,12-15H2,1H3. The molecule has 0 saturated carbocycles. The first kappa shape index (κ1) is 22.2. The Morgan fingerprint density at radius 2 is 2.00 bits per heavy atom. The molecule has 2 aliphatic rings. The number of rotatable bonds is 7. The van der Waals surface area contributed by atoms with Crippen molar-refractivity contribution in [1.29, 1.82) is 0 Å². The molecule has 33 heavy (non-hydrogen) atoms. The van der Waals surface area contributed by atoms with Crippen LogP contribution in [-0.2, 0) is 31.0 Å². The van der Waals surface area contributed by atoms with Crippen LogP contribution in [0.15, 0.2) is 56.6 Å². The number of hydrogen-bond acceptors (Lipinski definition) is 8. The van der Waals surface area contributed by atoms with E-state index in [4.69, 9.17) is 13.6 Å². The topological polar surface area (TPSA) is 95.0 Å². The Hall–Kier alpha value is -2.59. The van der Waals surface area contributed by atoms with E-state index in [0.29, 0.717) is 30.7 Å². The lowest BCUT2D eigenvalue weighted by Gasteiger charge is -2.30. The normalized spacial score (nSPS) is 18.4. The van der Waals surface area contributed by atoms with Crippen molar-refractivity contribution in [3.8, 4) is 17.2 Å². The van der Waals surface area contributed by atoms with Gasteiger partial charge in [-0.15, -0.1) is 4.31 Å². The van der Waals surface area contributed by atoms with Gasteiger partial charge in [-0.2, -0.15) is 0 Å². The van der Waals surface area contributed by atoms with E-state index in [-0.39, 0.29) is 11.2 Å². The van der Waals surface area contributed by atoms with E-state index in [1.54, 1.807) is 18.7 Å². The predicted octanol–water partition coefficient (Wildman–Crippen LogP) is 3.19. The van der Waals surface area contributed by atoms with Crippen LogP contribution < -0.4 is 10.2 Å². The Morgan fingerprint density at radius 1 is 1.18 bits per heavy atom. The van der Waals surface area contributed by atoms with Gasteiger partial charge in [0.2, 0.25) is 17.1 Å². The van der Waals surface area contributed by atoms with E-state index in [2.05, 4.69) is 22.0 Å². The fourth-order valence-electron chi connectivity index (χ4n) is 4.46. The number of fused-ring (bicyclic) bond motifs is 1. The number of oxazole rings is 1. The number of ether oxygens (including phenoxy) is 1. The van der Waals surface area contributed by atoms with Crippen LogP contribution in [-0.4, -0.2) is 44.7 Å². The lowest BCUT2D eigenvalue weighted by atomic mass is 9.99. The SMILES string of the molecule is C[S+]([O-])N1CCC(COc2coc(CN3Cc4ccc(-c5ncco5)cc4C3)cc2=O)CC1. The third-order valence-electron chi connectivity index (χ3n) is 6.32. The summed E-state index contributed by atoms with van der Waals surface area (Å²) in [6.45, 7) is 4.18. The van der Waals surface area contributed by atoms with Gasteiger partial charge in [0.1, 0.15) is 24.5 Å². The van der Waals surface area contributed by atoms with Gasteiger partial charge in [0.15, 0.2) is 0 Å². The molecular weight excluding hydrogens is 442 g/mol. The second-order valence-corrected chi connectivity index (χ2v) is 10.0. The Labute approximate surface area is 195 Å². The minimum absolute atomic E-state index is 0.161. The molecule has 1 fully saturated rings. The third kappa shape index (κ3) is 5.16. The Morgan fingerprint density at radius 3 is 2.73 bits per heavy atom. The highest BCUT2D eigenvalue weighted by Crippen LogP contribution is 2.29. The number of hydrogen-bond donors (Lipinski definition) is 0. The molecule has 3 aromatic rings. The first-order valence-electron chi connectivity index (χ1n) is 11.1. The molecule has 1 unspecified atom stereocenters. The molecule has 1 aromatic carbocycles. The average Bonchev–Trinajstić information content (AvgIpc) is 3.48. The van der Waals surface area contributed by atoms with Gasteiger partial charge in [-0.05, 0) is 42.0 Å². The number of benzene rings is 1. The van der Waals surface area contributed by atoms with Crippen molar-refractivity contribution in [2.75, 3.05) is 26.0 Å². The Bertz CT molecular complexity index is 1140. The molecule has 4 heterocycles. The summed E-state index contributed by atoms with van der Waals surface area (Å²) in [7, 11) is 0. The minimum Gasteiger partial charge on any atom is -0.598 e. The predicted molar refractivity (Wildman–Crippen MR) is 124 cm³/mol. The summed E-state index contributed by atoms with van der Waals surface area (Å²) in [5.74, 6) is 1.84. The van der Waals surface area contributed by atoms with Crippen molar-refractivity contribution in [2.45, 2.75) is 32.5 Å². The van der Waals surface area contributed by atoms with Gasteiger partial charge < -0.3 is 18.1 Å². The van der Waals surface area contributed by atoms with Crippen molar-refractivity contribution in [3.63, 3.8) is 0 Å². The maximum absolute atomic E-state index is 12.6. The number of piperidine rings is 1. The zero-order valence-corrected chi connectivity index (χ0v) is 19.4. The molecule has 1 atom stereocenters. The van der Waals surface area contributed by atoms with Crippen LogP contribution >= 0.6 is 0 Å². The van der Waals surface area contributed by atoms with E-state index in [9.17, 15) is 9.35 Å². The van der Waals surface area contributed by atoms with Gasteiger partial charge in [-0.25, -0.2) is 4.98 Å². The van der Waals surface area contributed by atoms with E-state index in [0.717, 1.165) is 44.6 Å². The Balaban J connectivity index is 1.15. The summed E-state index contributed by atoms with van der Waals surface area (Å²) in [6, 6.07) is 7.76. The molecule has 8 nitrogen and oxygen atoms in total. The summed E-state index contributed by atoms with van der Waals surface area (Å²) in [6.07, 6.45) is 8.18. The van der Waals surface area contributed by atoms with E-state index in [1.165, 1.54) is 23.5 Å². The molecule has 5 rings (SSSR count). The maximum atomic E-state index is 12.6. The minimum atomic E-state index is -0.920. The monoisotopic (exact) mass is 469 g/mol. The van der Waals surface area contributed by atoms with Crippen molar-refractivity contribution >= 4 is 11.4 Å². The van der Waals surface area contributed by atoms with Crippen LogP contribution in [0.3, 0.4) is 0 Å². The van der Waals surface area contributed by atoms with Crippen molar-refractivity contribution in [2.24, 2.45) is 5.92 Å². The van der Waals surface area contributed by atoms with E-state index < -0.39 is 11.4 Å². The summed E-state index contributed by atoms with van der Waals surface area (Å²) in [5.41, 5.74) is 3.28. The summed E-state index contributed by atoms with van der Waals surface area (Å²) in [4.78, 5) is 19.0. The van der Waals surface area contributed by atoms with Crippen LogP contribution in [0.2, 0.25) is 0 Å². The molecule has 0 N–H and O–H groups in total. The van der Waals surface area contributed by atoms with Gasteiger partial charge in [0.25, 0.3) is 0 Å². The number of nitrogens with zero attached hydrogens (tertiary/aromatic N) is 3. The fraction of sp³-hybridized carbons (Fsp3) is 0.417. The summed E-state index contributed by atoms with van der Waals surface area (Å²) < 4.78 is 30.4. The first-order chi connectivity index (χ1) is 16.0. The molecular formula is C24H27N3O5S. The third-order valence-corrected chi connectivity index (χ3v) is 7.41. The largest absolute Gasteiger partial charge is 0.598 e. The van der Waals surface area contributed by atoms with Gasteiger partial charge in [-0.1, -0.05) is 6.07 Å². The Kier molecular flexibility index (Phi) is 6.55. The van der Waals surface area contributed by atoms with Crippen LogP contribution in [0.1, 0.15) is 29.7 Å². The van der Waals surface area contributed by atoms with Gasteiger partial charge in [-0.3, -0.25) is 9.69 Å². The highest BCUT2D eigenvalue weighted by Gasteiger charge is 2.25. The molecule has 174 valence electrons. The fourth-order valence-corrected chi connectivity index (χ4v) is 5.19. The van der Waals surface area contributed by atoms with Gasteiger partial charge >= 0.3 is 0 Å². The molecule has 1 saturated heterocycles. The van der Waals surface area contributed by atoms with Crippen molar-refractivity contribution < 1.29 is 18.1 Å². The quantitative estimate of drug-likeness (QED) is 0.487. The van der Waals surface area contributed by atoms with E-state index in [1.807, 2.05) is 10.4 Å². The summed E-state index contributed by atoms with van der Waals surface area (Å²) in [5, 5.41) is 0. The second-order valence-electron chi connectivity index (χ2n) is 8.65. The van der Waals surface area contributed by atoms with Gasteiger partial charge in [0, 0.05) is 49.2 Å². The lowest BCUT2D eigenvalue weighted by molar-refractivity contribution is 0.180. The van der Waals surface area contributed by atoms with Crippen molar-refractivity contribution in [3.05, 3.63) is 70.1 Å². The molecule has 0 amide bonds. The molecule has 0 bridgehead atoms. The molecule has 9 heteroatoms. The molecule has 2 aromatic heterocycles. The zero-order chi connectivity index (χ0) is 22.8. The second kappa shape index (κ2) is 9.72. The van der Waals surface area contributed by atoms with Gasteiger partial charge in [0.05, 0.1) is 19.3 Å². The average molecular weight is 470 g/mol. The lowest BCUT2D eigenvalue weighted by Crippen LogP contribution is -2.39. The molecule has 2 aliphatic heterocycles. The van der Waals surface area contributed by atoms with Crippen molar-refractivity contribution in [1.82, 2.24) is 14.2 Å². The zero-order valence-electron chi connectivity index (χ0n) is 18.6. The molecule has 0 aliphatic carbocycles. The maximum Gasteiger partial charge on any atom is 0.227 e. The first-order valence-corrected chi connectivity index (χ1v) is 12.6. The smallest absolute Gasteiger partial charge is 0.227 e. The van der Waals surface area contributed by atoms with Crippen LogP contribution in [0.25, 0.3) is 11.5 Å². The van der Waals surface area contributed by atoms with Crippen LogP contribution in [0.4, 0.5) is 0 Å². The summed E-state index contributed by atoms with van der Waals surface area (Å²) >= 11 is -0.920. The van der Waals surface area contributed by atoms with Crippen LogP contribution in [0, 0.1) is 5.92 Å². The number of aromatic nitrogens is 1.